The van der Waals surface area contributed by atoms with Crippen LogP contribution in [0.25, 0.3) is 0 Å². The van der Waals surface area contributed by atoms with Crippen molar-refractivity contribution in [1.29, 1.82) is 0 Å². The van der Waals surface area contributed by atoms with Gasteiger partial charge in [0.25, 0.3) is 0 Å². The molecule has 0 saturated carbocycles. The molecule has 0 radical (unpaired) electrons. The van der Waals surface area contributed by atoms with Gasteiger partial charge in [0.05, 0.1) is 12.9 Å². The van der Waals surface area contributed by atoms with E-state index in [4.69, 9.17) is 16.3 Å². The van der Waals surface area contributed by atoms with Crippen molar-refractivity contribution in [2.45, 2.75) is 13.3 Å². The molecule has 3 heteroatoms. The van der Waals surface area contributed by atoms with Gasteiger partial charge in [0, 0.05) is 22.6 Å². The summed E-state index contributed by atoms with van der Waals surface area (Å²) in [4.78, 5) is 12.0. The number of Topliss-reactive ketones (excluding diaryl/α,β-unsaturated/α-hetero) is 1. The van der Waals surface area contributed by atoms with Gasteiger partial charge in [-0.25, -0.2) is 0 Å². The smallest absolute Gasteiger partial charge is 0.192 e. The Hall–Kier alpha value is -1.28. The number of hydrogen-bond donors (Lipinski definition) is 0. The highest BCUT2D eigenvalue weighted by Crippen LogP contribution is 2.21. The van der Waals surface area contributed by atoms with Crippen molar-refractivity contribution in [3.05, 3.63) is 46.2 Å². The summed E-state index contributed by atoms with van der Waals surface area (Å²) >= 11 is 5.83. The van der Waals surface area contributed by atoms with Crippen molar-refractivity contribution >= 4 is 17.4 Å². The summed E-state index contributed by atoms with van der Waals surface area (Å²) in [7, 11) is 0. The molecular formula is C12H11ClO2. The van der Waals surface area contributed by atoms with E-state index >= 15 is 0 Å². The molecule has 2 rings (SSSR count). The number of carbonyl (C=O) groups is 1. The Labute approximate surface area is 93.5 Å². The van der Waals surface area contributed by atoms with Crippen LogP contribution in [0.2, 0.25) is 5.02 Å². The molecule has 0 fully saturated rings. The molecule has 78 valence electrons. The minimum absolute atomic E-state index is 0.0432. The van der Waals surface area contributed by atoms with Crippen LogP contribution >= 0.6 is 11.6 Å². The highest BCUT2D eigenvalue weighted by molar-refractivity contribution is 6.30. The summed E-state index contributed by atoms with van der Waals surface area (Å²) in [6.45, 7) is 2.49. The van der Waals surface area contributed by atoms with E-state index in [0.717, 1.165) is 11.1 Å². The zero-order valence-electron chi connectivity index (χ0n) is 8.42. The lowest BCUT2D eigenvalue weighted by Crippen LogP contribution is -2.04. The fraction of sp³-hybridized carbons (Fsp3) is 0.250. The van der Waals surface area contributed by atoms with Crippen molar-refractivity contribution in [3.8, 4) is 0 Å². The zero-order chi connectivity index (χ0) is 10.8. The standard InChI is InChI=1S/C12H11ClO2/c1-8-6-10(13)2-3-11(8)12(14)9-4-5-15-7-9/h2-3,6-7H,4-5H2,1H3. The first-order chi connectivity index (χ1) is 7.18. The van der Waals surface area contributed by atoms with Gasteiger partial charge in [0.1, 0.15) is 0 Å². The maximum Gasteiger partial charge on any atom is 0.192 e. The fourth-order valence-corrected chi connectivity index (χ4v) is 1.84. The second-order valence-corrected chi connectivity index (χ2v) is 3.99. The van der Waals surface area contributed by atoms with Crippen LogP contribution in [0.4, 0.5) is 0 Å². The third-order valence-electron chi connectivity index (χ3n) is 2.44. The number of aryl methyl sites for hydroxylation is 1. The quantitative estimate of drug-likeness (QED) is 0.719. The second kappa shape index (κ2) is 4.07. The van der Waals surface area contributed by atoms with Crippen LogP contribution in [0.3, 0.4) is 0 Å². The molecule has 0 unspecified atom stereocenters. The normalized spacial score (nSPS) is 14.7. The molecule has 0 saturated heterocycles. The number of rotatable bonds is 2. The molecule has 1 aromatic rings. The largest absolute Gasteiger partial charge is 0.500 e. The molecule has 0 atom stereocenters. The molecule has 15 heavy (non-hydrogen) atoms. The van der Waals surface area contributed by atoms with E-state index in [0.29, 0.717) is 23.6 Å². The summed E-state index contributed by atoms with van der Waals surface area (Å²) in [5, 5.41) is 0.653. The Morgan fingerprint density at radius 3 is 2.87 bits per heavy atom. The van der Waals surface area contributed by atoms with Crippen LogP contribution in [0.5, 0.6) is 0 Å². The van der Waals surface area contributed by atoms with Crippen molar-refractivity contribution in [3.63, 3.8) is 0 Å². The summed E-state index contributed by atoms with van der Waals surface area (Å²) in [5.74, 6) is 0.0432. The second-order valence-electron chi connectivity index (χ2n) is 3.55. The maximum atomic E-state index is 12.0. The van der Waals surface area contributed by atoms with Gasteiger partial charge in [-0.1, -0.05) is 11.6 Å². The van der Waals surface area contributed by atoms with Gasteiger partial charge in [-0.05, 0) is 30.7 Å². The number of benzene rings is 1. The van der Waals surface area contributed by atoms with E-state index in [2.05, 4.69) is 0 Å². The first-order valence-corrected chi connectivity index (χ1v) is 5.18. The monoisotopic (exact) mass is 222 g/mol. The maximum absolute atomic E-state index is 12.0. The van der Waals surface area contributed by atoms with Gasteiger partial charge in [-0.15, -0.1) is 0 Å². The highest BCUT2D eigenvalue weighted by Gasteiger charge is 2.17. The molecule has 0 aromatic heterocycles. The van der Waals surface area contributed by atoms with Gasteiger partial charge in [0.2, 0.25) is 0 Å². The number of ether oxygens (including phenoxy) is 1. The lowest BCUT2D eigenvalue weighted by Gasteiger charge is -2.04. The predicted molar refractivity (Wildman–Crippen MR) is 59.2 cm³/mol. The van der Waals surface area contributed by atoms with Crippen molar-refractivity contribution < 1.29 is 9.53 Å². The molecule has 0 aliphatic carbocycles. The topological polar surface area (TPSA) is 26.3 Å². The van der Waals surface area contributed by atoms with Gasteiger partial charge in [-0.2, -0.15) is 0 Å². The van der Waals surface area contributed by atoms with Crippen LogP contribution in [-0.4, -0.2) is 12.4 Å². The van der Waals surface area contributed by atoms with Crippen LogP contribution < -0.4 is 0 Å². The first kappa shape index (κ1) is 10.2. The van der Waals surface area contributed by atoms with Gasteiger partial charge in [0.15, 0.2) is 5.78 Å². The molecule has 1 aromatic carbocycles. The van der Waals surface area contributed by atoms with Crippen LogP contribution in [-0.2, 0) is 4.74 Å². The summed E-state index contributed by atoms with van der Waals surface area (Å²) in [6.07, 6.45) is 2.25. The van der Waals surface area contributed by atoms with Gasteiger partial charge >= 0.3 is 0 Å². The lowest BCUT2D eigenvalue weighted by atomic mass is 9.99. The average molecular weight is 223 g/mol. The Morgan fingerprint density at radius 1 is 1.47 bits per heavy atom. The van der Waals surface area contributed by atoms with Gasteiger partial charge in [-0.3, -0.25) is 4.79 Å². The molecule has 0 spiro atoms. The molecule has 1 aliphatic rings. The van der Waals surface area contributed by atoms with Crippen LogP contribution in [0.15, 0.2) is 30.0 Å². The SMILES string of the molecule is Cc1cc(Cl)ccc1C(=O)C1=COCC1. The third kappa shape index (κ3) is 2.05. The van der Waals surface area contributed by atoms with Crippen LogP contribution in [0, 0.1) is 6.92 Å². The first-order valence-electron chi connectivity index (χ1n) is 4.80. The lowest BCUT2D eigenvalue weighted by molar-refractivity contribution is 0.103. The Bertz CT molecular complexity index is 435. The van der Waals surface area contributed by atoms with E-state index in [1.165, 1.54) is 0 Å². The fourth-order valence-electron chi connectivity index (χ4n) is 1.61. The highest BCUT2D eigenvalue weighted by atomic mass is 35.5. The number of hydrogen-bond acceptors (Lipinski definition) is 2. The third-order valence-corrected chi connectivity index (χ3v) is 2.67. The molecule has 0 N–H and O–H groups in total. The van der Waals surface area contributed by atoms with E-state index < -0.39 is 0 Å². The average Bonchev–Trinajstić information content (AvgIpc) is 2.69. The van der Waals surface area contributed by atoms with Crippen LogP contribution in [0.1, 0.15) is 22.3 Å². The number of ketones is 1. The van der Waals surface area contributed by atoms with E-state index in [1.54, 1.807) is 24.5 Å². The molecule has 0 bridgehead atoms. The summed E-state index contributed by atoms with van der Waals surface area (Å²) < 4.78 is 5.05. The molecule has 0 amide bonds. The molecular weight excluding hydrogens is 212 g/mol. The van der Waals surface area contributed by atoms with Crippen molar-refractivity contribution in [2.24, 2.45) is 0 Å². The number of halogens is 1. The molecule has 1 heterocycles. The number of carbonyl (C=O) groups excluding carboxylic acids is 1. The van der Waals surface area contributed by atoms with Crippen molar-refractivity contribution in [2.75, 3.05) is 6.61 Å². The van der Waals surface area contributed by atoms with E-state index in [-0.39, 0.29) is 5.78 Å². The Balaban J connectivity index is 2.33. The van der Waals surface area contributed by atoms with Crippen molar-refractivity contribution in [1.82, 2.24) is 0 Å². The molecule has 2 nitrogen and oxygen atoms in total. The van der Waals surface area contributed by atoms with E-state index in [1.807, 2.05) is 6.92 Å². The predicted octanol–water partition coefficient (Wildman–Crippen LogP) is 3.14. The summed E-state index contributed by atoms with van der Waals surface area (Å²) in [6, 6.07) is 5.29. The minimum Gasteiger partial charge on any atom is -0.500 e. The summed E-state index contributed by atoms with van der Waals surface area (Å²) in [5.41, 5.74) is 2.34. The zero-order valence-corrected chi connectivity index (χ0v) is 9.17. The Morgan fingerprint density at radius 2 is 2.27 bits per heavy atom. The van der Waals surface area contributed by atoms with Gasteiger partial charge < -0.3 is 4.74 Å². The molecule has 1 aliphatic heterocycles. The minimum atomic E-state index is 0.0432. The Kier molecular flexibility index (Phi) is 2.78. The van der Waals surface area contributed by atoms with E-state index in [9.17, 15) is 4.79 Å².